The Morgan fingerprint density at radius 1 is 1.61 bits per heavy atom. The molecule has 0 spiro atoms. The van der Waals surface area contributed by atoms with Gasteiger partial charge < -0.3 is 14.8 Å². The molecule has 18 heavy (non-hydrogen) atoms. The number of anilines is 1. The molecule has 98 valence electrons. The summed E-state index contributed by atoms with van der Waals surface area (Å²) in [5, 5.41) is 13.8. The summed E-state index contributed by atoms with van der Waals surface area (Å²) in [4.78, 5) is 10.2. The van der Waals surface area contributed by atoms with Gasteiger partial charge in [-0.05, 0) is 12.5 Å². The Hall–Kier alpha value is -1.82. The van der Waals surface area contributed by atoms with E-state index in [-0.39, 0.29) is 12.0 Å². The van der Waals surface area contributed by atoms with Gasteiger partial charge in [-0.2, -0.15) is 0 Å². The number of non-ortho nitro benzene ring substituents is 1. The fraction of sp³-hybridized carbons (Fsp3) is 0.500. The van der Waals surface area contributed by atoms with Crippen LogP contribution in [0, 0.1) is 10.1 Å². The minimum atomic E-state index is -0.439. The van der Waals surface area contributed by atoms with Crippen molar-refractivity contribution in [2.24, 2.45) is 0 Å². The van der Waals surface area contributed by atoms with Crippen LogP contribution >= 0.6 is 0 Å². The lowest BCUT2D eigenvalue weighted by Crippen LogP contribution is -2.33. The molecule has 0 radical (unpaired) electrons. The number of fused-ring (bicyclic) bond motifs is 1. The smallest absolute Gasteiger partial charge is 0.273 e. The van der Waals surface area contributed by atoms with E-state index in [1.807, 2.05) is 0 Å². The molecule has 2 rings (SSSR count). The predicted octanol–water partition coefficient (Wildman–Crippen LogP) is 2.54. The number of benzene rings is 1. The summed E-state index contributed by atoms with van der Waals surface area (Å²) in [5.74, 6) is 0.469. The SMILES string of the molecule is CCCCOC1CNc2ccc([N+](=O)[O-])cc2O1. The highest BCUT2D eigenvalue weighted by Crippen LogP contribution is 2.32. The first-order valence-electron chi connectivity index (χ1n) is 6.01. The zero-order valence-corrected chi connectivity index (χ0v) is 10.2. The van der Waals surface area contributed by atoms with Crippen LogP contribution in [0.5, 0.6) is 5.75 Å². The number of ether oxygens (including phenoxy) is 2. The molecular weight excluding hydrogens is 236 g/mol. The molecule has 6 nitrogen and oxygen atoms in total. The summed E-state index contributed by atoms with van der Waals surface area (Å²) in [6.45, 7) is 3.27. The second kappa shape index (κ2) is 5.68. The summed E-state index contributed by atoms with van der Waals surface area (Å²) in [6, 6.07) is 4.51. The van der Waals surface area contributed by atoms with Crippen LogP contribution in [0.25, 0.3) is 0 Å². The highest BCUT2D eigenvalue weighted by atomic mass is 16.7. The third-order valence-corrected chi connectivity index (χ3v) is 2.70. The Morgan fingerprint density at radius 3 is 3.17 bits per heavy atom. The van der Waals surface area contributed by atoms with Gasteiger partial charge in [-0.15, -0.1) is 0 Å². The summed E-state index contributed by atoms with van der Waals surface area (Å²) >= 11 is 0. The third kappa shape index (κ3) is 2.89. The molecule has 1 atom stereocenters. The second-order valence-corrected chi connectivity index (χ2v) is 4.09. The van der Waals surface area contributed by atoms with Crippen LogP contribution in [0.1, 0.15) is 19.8 Å². The van der Waals surface area contributed by atoms with E-state index in [9.17, 15) is 10.1 Å². The van der Waals surface area contributed by atoms with Gasteiger partial charge in [0.1, 0.15) is 0 Å². The quantitative estimate of drug-likeness (QED) is 0.495. The van der Waals surface area contributed by atoms with E-state index in [4.69, 9.17) is 9.47 Å². The molecule has 6 heteroatoms. The summed E-state index contributed by atoms with van der Waals surface area (Å²) in [6.07, 6.45) is 1.65. The molecule has 1 aromatic rings. The third-order valence-electron chi connectivity index (χ3n) is 2.70. The fourth-order valence-corrected chi connectivity index (χ4v) is 1.70. The molecule has 0 fully saturated rings. The van der Waals surface area contributed by atoms with Crippen LogP contribution in [0.15, 0.2) is 18.2 Å². The largest absolute Gasteiger partial charge is 0.461 e. The molecule has 1 aliphatic heterocycles. The first-order valence-corrected chi connectivity index (χ1v) is 6.01. The van der Waals surface area contributed by atoms with Crippen molar-refractivity contribution in [3.63, 3.8) is 0 Å². The molecule has 0 saturated carbocycles. The van der Waals surface area contributed by atoms with Gasteiger partial charge in [0.05, 0.1) is 29.8 Å². The number of hydrogen-bond donors (Lipinski definition) is 1. The van der Waals surface area contributed by atoms with E-state index in [1.165, 1.54) is 12.1 Å². The molecule has 0 aliphatic carbocycles. The molecule has 1 N–H and O–H groups in total. The first-order chi connectivity index (χ1) is 8.70. The summed E-state index contributed by atoms with van der Waals surface area (Å²) < 4.78 is 11.1. The minimum Gasteiger partial charge on any atom is -0.461 e. The molecular formula is C12H16N2O4. The lowest BCUT2D eigenvalue weighted by atomic mass is 10.2. The van der Waals surface area contributed by atoms with E-state index in [1.54, 1.807) is 6.07 Å². The normalized spacial score (nSPS) is 17.5. The average molecular weight is 252 g/mol. The molecule has 0 amide bonds. The second-order valence-electron chi connectivity index (χ2n) is 4.09. The fourth-order valence-electron chi connectivity index (χ4n) is 1.70. The Balaban J connectivity index is 2.02. The number of nitro benzene ring substituents is 1. The molecule has 0 saturated heterocycles. The van der Waals surface area contributed by atoms with Gasteiger partial charge in [0, 0.05) is 6.07 Å². The average Bonchev–Trinajstić information content (AvgIpc) is 2.38. The highest BCUT2D eigenvalue weighted by molar-refractivity contribution is 5.61. The maximum atomic E-state index is 10.7. The Bertz CT molecular complexity index is 436. The predicted molar refractivity (Wildman–Crippen MR) is 66.9 cm³/mol. The summed E-state index contributed by atoms with van der Waals surface area (Å²) in [5.41, 5.74) is 0.778. The standard InChI is InChI=1S/C12H16N2O4/c1-2-3-6-17-12-8-13-10-5-4-9(14(15)16)7-11(10)18-12/h4-5,7,12-13H,2-3,6,8H2,1H3. The lowest BCUT2D eigenvalue weighted by molar-refractivity contribution is -0.385. The lowest BCUT2D eigenvalue weighted by Gasteiger charge is -2.26. The van der Waals surface area contributed by atoms with Crippen LogP contribution in [0.4, 0.5) is 11.4 Å². The van der Waals surface area contributed by atoms with Crippen LogP contribution in [-0.2, 0) is 4.74 Å². The van der Waals surface area contributed by atoms with Crippen molar-refractivity contribution in [1.82, 2.24) is 0 Å². The van der Waals surface area contributed by atoms with E-state index >= 15 is 0 Å². The number of nitro groups is 1. The van der Waals surface area contributed by atoms with Crippen molar-refractivity contribution in [3.05, 3.63) is 28.3 Å². The molecule has 1 aliphatic rings. The Kier molecular flexibility index (Phi) is 3.99. The van der Waals surface area contributed by atoms with Gasteiger partial charge in [-0.1, -0.05) is 13.3 Å². The highest BCUT2D eigenvalue weighted by Gasteiger charge is 2.21. The number of rotatable bonds is 5. The first kappa shape index (κ1) is 12.6. The Morgan fingerprint density at radius 2 is 2.44 bits per heavy atom. The van der Waals surface area contributed by atoms with Crippen molar-refractivity contribution in [2.75, 3.05) is 18.5 Å². The van der Waals surface area contributed by atoms with Gasteiger partial charge in [0.25, 0.3) is 5.69 Å². The minimum absolute atomic E-state index is 0.0183. The number of nitrogens with one attached hydrogen (secondary N) is 1. The van der Waals surface area contributed by atoms with E-state index in [2.05, 4.69) is 12.2 Å². The molecule has 1 unspecified atom stereocenters. The van der Waals surface area contributed by atoms with Gasteiger partial charge in [0.2, 0.25) is 6.29 Å². The van der Waals surface area contributed by atoms with Crippen molar-refractivity contribution < 1.29 is 14.4 Å². The summed E-state index contributed by atoms with van der Waals surface area (Å²) in [7, 11) is 0. The van der Waals surface area contributed by atoms with Crippen LogP contribution in [-0.4, -0.2) is 24.4 Å². The van der Waals surface area contributed by atoms with Gasteiger partial charge in [-0.3, -0.25) is 10.1 Å². The number of nitrogens with zero attached hydrogens (tertiary/aromatic N) is 1. The van der Waals surface area contributed by atoms with Crippen molar-refractivity contribution in [2.45, 2.75) is 26.1 Å². The van der Waals surface area contributed by atoms with Crippen molar-refractivity contribution in [3.8, 4) is 5.75 Å². The number of unbranched alkanes of at least 4 members (excludes halogenated alkanes) is 1. The topological polar surface area (TPSA) is 73.6 Å². The number of hydrogen-bond acceptors (Lipinski definition) is 5. The monoisotopic (exact) mass is 252 g/mol. The zero-order valence-electron chi connectivity index (χ0n) is 10.2. The Labute approximate surface area is 105 Å². The van der Waals surface area contributed by atoms with E-state index in [0.29, 0.717) is 18.9 Å². The molecule has 0 bridgehead atoms. The van der Waals surface area contributed by atoms with Gasteiger partial charge >= 0.3 is 0 Å². The van der Waals surface area contributed by atoms with Gasteiger partial charge in [0.15, 0.2) is 5.75 Å². The van der Waals surface area contributed by atoms with E-state index in [0.717, 1.165) is 18.5 Å². The van der Waals surface area contributed by atoms with Crippen molar-refractivity contribution >= 4 is 11.4 Å². The maximum Gasteiger partial charge on any atom is 0.273 e. The van der Waals surface area contributed by atoms with Crippen molar-refractivity contribution in [1.29, 1.82) is 0 Å². The maximum absolute atomic E-state index is 10.7. The molecule has 0 aromatic heterocycles. The molecule has 1 heterocycles. The zero-order chi connectivity index (χ0) is 13.0. The van der Waals surface area contributed by atoms with Crippen LogP contribution < -0.4 is 10.1 Å². The molecule has 1 aromatic carbocycles. The van der Waals surface area contributed by atoms with Crippen LogP contribution in [0.2, 0.25) is 0 Å². The van der Waals surface area contributed by atoms with Gasteiger partial charge in [-0.25, -0.2) is 0 Å². The van der Waals surface area contributed by atoms with E-state index < -0.39 is 4.92 Å². The van der Waals surface area contributed by atoms with Crippen LogP contribution in [0.3, 0.4) is 0 Å².